The third-order valence-corrected chi connectivity index (χ3v) is 3.89. The number of aromatic nitrogens is 2. The topological polar surface area (TPSA) is 60.1 Å². The maximum absolute atomic E-state index is 12.1. The predicted molar refractivity (Wildman–Crippen MR) is 74.6 cm³/mol. The molecule has 1 aliphatic heterocycles. The lowest BCUT2D eigenvalue weighted by Gasteiger charge is -2.23. The smallest absolute Gasteiger partial charge is 0.254 e. The van der Waals surface area contributed by atoms with Gasteiger partial charge in [-0.1, -0.05) is 0 Å². The standard InChI is InChI=1S/C15H19N3O2/c1-10-7-13(11(2)20-10)15(19)17-9-12-3-5-18-6-4-16-14(18)8-12/h4,6-7,12H,3,5,8-9H2,1-2H3,(H,17,19)/t12-/m0/s1. The molecule has 3 rings (SSSR count). The Morgan fingerprint density at radius 3 is 3.15 bits per heavy atom. The van der Waals surface area contributed by atoms with E-state index < -0.39 is 0 Å². The van der Waals surface area contributed by atoms with Crippen LogP contribution in [0.2, 0.25) is 0 Å². The van der Waals surface area contributed by atoms with Crippen molar-refractivity contribution in [2.45, 2.75) is 33.2 Å². The first-order chi connectivity index (χ1) is 9.63. The highest BCUT2D eigenvalue weighted by Crippen LogP contribution is 2.19. The number of aryl methyl sites for hydroxylation is 3. The average molecular weight is 273 g/mol. The van der Waals surface area contributed by atoms with E-state index in [4.69, 9.17) is 4.42 Å². The van der Waals surface area contributed by atoms with Gasteiger partial charge in [0, 0.05) is 31.9 Å². The molecule has 0 radical (unpaired) electrons. The van der Waals surface area contributed by atoms with Gasteiger partial charge in [0.05, 0.1) is 5.56 Å². The van der Waals surface area contributed by atoms with Crippen molar-refractivity contribution in [3.8, 4) is 0 Å². The van der Waals surface area contributed by atoms with Gasteiger partial charge in [-0.2, -0.15) is 0 Å². The van der Waals surface area contributed by atoms with Gasteiger partial charge in [-0.15, -0.1) is 0 Å². The van der Waals surface area contributed by atoms with Gasteiger partial charge in [0.1, 0.15) is 17.3 Å². The summed E-state index contributed by atoms with van der Waals surface area (Å²) in [5, 5.41) is 3.01. The third kappa shape index (κ3) is 2.48. The molecule has 0 bridgehead atoms. The fourth-order valence-electron chi connectivity index (χ4n) is 2.78. The largest absolute Gasteiger partial charge is 0.466 e. The number of hydrogen-bond donors (Lipinski definition) is 1. The second-order valence-electron chi connectivity index (χ2n) is 5.43. The fourth-order valence-corrected chi connectivity index (χ4v) is 2.78. The van der Waals surface area contributed by atoms with Gasteiger partial charge in [-0.3, -0.25) is 4.79 Å². The molecule has 1 atom stereocenters. The zero-order valence-corrected chi connectivity index (χ0v) is 11.8. The second kappa shape index (κ2) is 5.15. The first-order valence-electron chi connectivity index (χ1n) is 6.98. The lowest BCUT2D eigenvalue weighted by molar-refractivity contribution is 0.0943. The number of carbonyl (C=O) groups excluding carboxylic acids is 1. The Bertz CT molecular complexity index is 627. The number of fused-ring (bicyclic) bond motifs is 1. The molecule has 0 spiro atoms. The first-order valence-corrected chi connectivity index (χ1v) is 6.98. The molecule has 0 unspecified atom stereocenters. The molecule has 0 fully saturated rings. The number of furan rings is 1. The van der Waals surface area contributed by atoms with Crippen LogP contribution in [0.3, 0.4) is 0 Å². The highest BCUT2D eigenvalue weighted by Gasteiger charge is 2.20. The van der Waals surface area contributed by atoms with E-state index >= 15 is 0 Å². The minimum Gasteiger partial charge on any atom is -0.466 e. The van der Waals surface area contributed by atoms with Crippen LogP contribution < -0.4 is 5.32 Å². The highest BCUT2D eigenvalue weighted by atomic mass is 16.3. The van der Waals surface area contributed by atoms with Gasteiger partial charge in [-0.25, -0.2) is 4.98 Å². The molecule has 1 amide bonds. The van der Waals surface area contributed by atoms with Gasteiger partial charge in [0.15, 0.2) is 0 Å². The number of imidazole rings is 1. The van der Waals surface area contributed by atoms with Gasteiger partial charge in [0.2, 0.25) is 0 Å². The maximum atomic E-state index is 12.1. The Morgan fingerprint density at radius 2 is 2.40 bits per heavy atom. The summed E-state index contributed by atoms with van der Waals surface area (Å²) in [6.45, 7) is 5.35. The zero-order chi connectivity index (χ0) is 14.1. The van der Waals surface area contributed by atoms with Crippen molar-refractivity contribution in [1.82, 2.24) is 14.9 Å². The minimum atomic E-state index is -0.0479. The van der Waals surface area contributed by atoms with Crippen LogP contribution >= 0.6 is 0 Å². The van der Waals surface area contributed by atoms with E-state index in [1.54, 1.807) is 6.07 Å². The van der Waals surface area contributed by atoms with Gasteiger partial charge < -0.3 is 14.3 Å². The Kier molecular flexibility index (Phi) is 3.34. The Hall–Kier alpha value is -2.04. The third-order valence-electron chi connectivity index (χ3n) is 3.89. The van der Waals surface area contributed by atoms with Crippen LogP contribution in [-0.4, -0.2) is 22.0 Å². The SMILES string of the molecule is Cc1cc(C(=O)NC[C@H]2CCn3ccnc3C2)c(C)o1. The van der Waals surface area contributed by atoms with Crippen LogP contribution in [0.25, 0.3) is 0 Å². The molecule has 2 aromatic rings. The fraction of sp³-hybridized carbons (Fsp3) is 0.467. The molecule has 5 nitrogen and oxygen atoms in total. The summed E-state index contributed by atoms with van der Waals surface area (Å²) in [6.07, 6.45) is 5.86. The van der Waals surface area contributed by atoms with E-state index in [2.05, 4.69) is 14.9 Å². The molecule has 1 aliphatic rings. The monoisotopic (exact) mass is 273 g/mol. The van der Waals surface area contributed by atoms with Crippen LogP contribution in [0.1, 0.15) is 34.1 Å². The summed E-state index contributed by atoms with van der Waals surface area (Å²) in [5.74, 6) is 2.98. The van der Waals surface area contributed by atoms with Crippen molar-refractivity contribution in [1.29, 1.82) is 0 Å². The van der Waals surface area contributed by atoms with Crippen molar-refractivity contribution in [3.05, 3.63) is 41.4 Å². The zero-order valence-electron chi connectivity index (χ0n) is 11.8. The van der Waals surface area contributed by atoms with Crippen LogP contribution in [0.4, 0.5) is 0 Å². The number of carbonyl (C=O) groups is 1. The normalized spacial score (nSPS) is 17.8. The summed E-state index contributed by atoms with van der Waals surface area (Å²) in [4.78, 5) is 16.5. The summed E-state index contributed by atoms with van der Waals surface area (Å²) in [5.41, 5.74) is 0.639. The average Bonchev–Trinajstić information content (AvgIpc) is 3.01. The number of amides is 1. The molecule has 1 N–H and O–H groups in total. The van der Waals surface area contributed by atoms with E-state index in [1.807, 2.05) is 26.2 Å². The van der Waals surface area contributed by atoms with Crippen LogP contribution in [0, 0.1) is 19.8 Å². The van der Waals surface area contributed by atoms with E-state index in [0.717, 1.165) is 31.0 Å². The molecule has 0 saturated carbocycles. The summed E-state index contributed by atoms with van der Waals surface area (Å²) in [7, 11) is 0. The lowest BCUT2D eigenvalue weighted by Crippen LogP contribution is -2.33. The Balaban J connectivity index is 1.58. The van der Waals surface area contributed by atoms with Crippen LogP contribution in [0.5, 0.6) is 0 Å². The molecule has 0 aliphatic carbocycles. The number of nitrogens with zero attached hydrogens (tertiary/aromatic N) is 2. The van der Waals surface area contributed by atoms with Crippen molar-refractivity contribution < 1.29 is 9.21 Å². The van der Waals surface area contributed by atoms with Gasteiger partial charge >= 0.3 is 0 Å². The summed E-state index contributed by atoms with van der Waals surface area (Å²) in [6, 6.07) is 1.79. The minimum absolute atomic E-state index is 0.0479. The van der Waals surface area contributed by atoms with Crippen molar-refractivity contribution in [2.24, 2.45) is 5.92 Å². The second-order valence-corrected chi connectivity index (χ2v) is 5.43. The molecule has 3 heterocycles. The van der Waals surface area contributed by atoms with E-state index in [-0.39, 0.29) is 5.91 Å². The van der Waals surface area contributed by atoms with E-state index in [1.165, 1.54) is 0 Å². The van der Waals surface area contributed by atoms with Gasteiger partial charge in [-0.05, 0) is 32.3 Å². The van der Waals surface area contributed by atoms with E-state index in [9.17, 15) is 4.79 Å². The molecule has 0 saturated heterocycles. The summed E-state index contributed by atoms with van der Waals surface area (Å²) < 4.78 is 7.57. The van der Waals surface area contributed by atoms with Crippen LogP contribution in [-0.2, 0) is 13.0 Å². The Morgan fingerprint density at radius 1 is 1.55 bits per heavy atom. The highest BCUT2D eigenvalue weighted by molar-refractivity contribution is 5.95. The number of hydrogen-bond acceptors (Lipinski definition) is 3. The molecule has 2 aromatic heterocycles. The molecule has 0 aromatic carbocycles. The summed E-state index contributed by atoms with van der Waals surface area (Å²) >= 11 is 0. The van der Waals surface area contributed by atoms with Crippen molar-refractivity contribution in [3.63, 3.8) is 0 Å². The van der Waals surface area contributed by atoms with E-state index in [0.29, 0.717) is 23.8 Å². The molecule has 20 heavy (non-hydrogen) atoms. The van der Waals surface area contributed by atoms with Crippen molar-refractivity contribution in [2.75, 3.05) is 6.54 Å². The quantitative estimate of drug-likeness (QED) is 0.931. The molecular weight excluding hydrogens is 254 g/mol. The molecule has 5 heteroatoms. The molecular formula is C15H19N3O2. The maximum Gasteiger partial charge on any atom is 0.254 e. The number of rotatable bonds is 3. The van der Waals surface area contributed by atoms with Crippen molar-refractivity contribution >= 4 is 5.91 Å². The van der Waals surface area contributed by atoms with Crippen LogP contribution in [0.15, 0.2) is 22.9 Å². The lowest BCUT2D eigenvalue weighted by atomic mass is 9.97. The number of nitrogens with one attached hydrogen (secondary N) is 1. The predicted octanol–water partition coefficient (Wildman–Crippen LogP) is 2.09. The first kappa shape index (κ1) is 13.0. The molecule has 106 valence electrons. The van der Waals surface area contributed by atoms with Gasteiger partial charge in [0.25, 0.3) is 5.91 Å². The Labute approximate surface area is 118 Å².